The van der Waals surface area contributed by atoms with Gasteiger partial charge in [0.05, 0.1) is 20.6 Å². The third-order valence-corrected chi connectivity index (χ3v) is 5.44. The maximum Gasteiger partial charge on any atom is 0.307 e. The molecule has 6 nitrogen and oxygen atoms in total. The Hall–Kier alpha value is -3.87. The fourth-order valence-corrected chi connectivity index (χ4v) is 3.65. The Morgan fingerprint density at radius 1 is 0.853 bits per heavy atom. The predicted molar refractivity (Wildman–Crippen MR) is 127 cm³/mol. The Balaban J connectivity index is 1.79. The van der Waals surface area contributed by atoms with Crippen molar-refractivity contribution in [1.29, 1.82) is 0 Å². The Morgan fingerprint density at radius 2 is 1.41 bits per heavy atom. The van der Waals surface area contributed by atoms with Crippen molar-refractivity contribution in [2.75, 3.05) is 20.8 Å². The largest absolute Gasteiger partial charge is 0.497 e. The zero-order valence-electron chi connectivity index (χ0n) is 19.3. The molecule has 0 atom stereocenters. The molecule has 1 N–H and O–H groups in total. The quantitative estimate of drug-likeness (QED) is 0.443. The molecule has 0 fully saturated rings. The van der Waals surface area contributed by atoms with Crippen molar-refractivity contribution in [1.82, 2.24) is 4.90 Å². The van der Waals surface area contributed by atoms with Crippen LogP contribution < -0.4 is 9.47 Å². The maximum absolute atomic E-state index is 13.5. The van der Waals surface area contributed by atoms with Crippen LogP contribution in [0.2, 0.25) is 0 Å². The molecule has 0 saturated carbocycles. The lowest BCUT2D eigenvalue weighted by Crippen LogP contribution is -2.32. The summed E-state index contributed by atoms with van der Waals surface area (Å²) >= 11 is 0. The topological polar surface area (TPSA) is 76.1 Å². The van der Waals surface area contributed by atoms with Crippen molar-refractivity contribution in [3.8, 4) is 11.5 Å². The number of rotatable bonds is 11. The van der Waals surface area contributed by atoms with Crippen LogP contribution in [0.15, 0.2) is 66.7 Å². The first-order chi connectivity index (χ1) is 16.4. The van der Waals surface area contributed by atoms with Crippen LogP contribution in [-0.2, 0) is 24.2 Å². The van der Waals surface area contributed by atoms with E-state index < -0.39 is 5.97 Å². The van der Waals surface area contributed by atoms with Crippen LogP contribution in [-0.4, -0.2) is 42.6 Å². The van der Waals surface area contributed by atoms with Crippen LogP contribution in [0.25, 0.3) is 0 Å². The number of methoxy groups -OCH3 is 2. The van der Waals surface area contributed by atoms with Gasteiger partial charge in [0.2, 0.25) is 0 Å². The highest BCUT2D eigenvalue weighted by atomic mass is 19.1. The summed E-state index contributed by atoms with van der Waals surface area (Å²) in [5, 5.41) is 8.98. The van der Waals surface area contributed by atoms with Crippen molar-refractivity contribution in [2.45, 2.75) is 25.8 Å². The molecule has 0 aliphatic heterocycles. The molecule has 0 aliphatic carbocycles. The van der Waals surface area contributed by atoms with Crippen molar-refractivity contribution in [3.63, 3.8) is 0 Å². The minimum Gasteiger partial charge on any atom is -0.497 e. The van der Waals surface area contributed by atoms with E-state index in [-0.39, 0.29) is 18.1 Å². The van der Waals surface area contributed by atoms with Gasteiger partial charge < -0.3 is 19.5 Å². The van der Waals surface area contributed by atoms with Gasteiger partial charge >= 0.3 is 5.97 Å². The lowest BCUT2D eigenvalue weighted by atomic mass is 10.1. The van der Waals surface area contributed by atoms with Gasteiger partial charge in [-0.25, -0.2) is 4.39 Å². The number of nitrogens with zero attached hydrogens (tertiary/aromatic N) is 1. The molecule has 0 aromatic heterocycles. The number of benzene rings is 3. The fourth-order valence-electron chi connectivity index (χ4n) is 3.65. The molecular formula is C27H28FNO5. The minimum absolute atomic E-state index is 0.0514. The van der Waals surface area contributed by atoms with Crippen LogP contribution >= 0.6 is 0 Å². The summed E-state index contributed by atoms with van der Waals surface area (Å²) < 4.78 is 23.8. The van der Waals surface area contributed by atoms with Crippen molar-refractivity contribution >= 4 is 11.9 Å². The first-order valence-corrected chi connectivity index (χ1v) is 10.9. The third-order valence-electron chi connectivity index (χ3n) is 5.44. The number of halogens is 1. The Morgan fingerprint density at radius 3 is 1.97 bits per heavy atom. The van der Waals surface area contributed by atoms with Crippen molar-refractivity contribution in [2.24, 2.45) is 0 Å². The molecule has 0 saturated heterocycles. The third kappa shape index (κ3) is 7.07. The average Bonchev–Trinajstić information content (AvgIpc) is 2.84. The molecule has 34 heavy (non-hydrogen) atoms. The normalized spacial score (nSPS) is 10.6. The molecule has 0 heterocycles. The van der Waals surface area contributed by atoms with Gasteiger partial charge in [0.15, 0.2) is 0 Å². The van der Waals surface area contributed by atoms with Gasteiger partial charge in [-0.05, 0) is 53.8 Å². The zero-order chi connectivity index (χ0) is 24.5. The van der Waals surface area contributed by atoms with Crippen LogP contribution in [0.3, 0.4) is 0 Å². The summed E-state index contributed by atoms with van der Waals surface area (Å²) in [5.41, 5.74) is 3.03. The Kier molecular flexibility index (Phi) is 8.62. The van der Waals surface area contributed by atoms with E-state index in [0.29, 0.717) is 48.6 Å². The Bertz CT molecular complexity index is 1090. The summed E-state index contributed by atoms with van der Waals surface area (Å²) in [6, 6.07) is 18.6. The summed E-state index contributed by atoms with van der Waals surface area (Å²) in [5.74, 6) is -0.305. The van der Waals surface area contributed by atoms with E-state index in [1.165, 1.54) is 26.4 Å². The van der Waals surface area contributed by atoms with Gasteiger partial charge in [0, 0.05) is 24.7 Å². The maximum atomic E-state index is 13.5. The van der Waals surface area contributed by atoms with Crippen LogP contribution in [0.1, 0.15) is 33.5 Å². The monoisotopic (exact) mass is 465 g/mol. The molecule has 0 radical (unpaired) electrons. The molecule has 3 aromatic rings. The van der Waals surface area contributed by atoms with Gasteiger partial charge in [-0.15, -0.1) is 0 Å². The van der Waals surface area contributed by atoms with Crippen LogP contribution in [0.4, 0.5) is 4.39 Å². The van der Waals surface area contributed by atoms with Gasteiger partial charge in [-0.3, -0.25) is 9.59 Å². The van der Waals surface area contributed by atoms with E-state index in [0.717, 1.165) is 11.1 Å². The number of aryl methyl sites for hydroxylation is 1. The number of carboxylic acids is 1. The van der Waals surface area contributed by atoms with E-state index in [4.69, 9.17) is 14.6 Å². The summed E-state index contributed by atoms with van der Waals surface area (Å²) in [4.78, 5) is 26.2. The van der Waals surface area contributed by atoms with Gasteiger partial charge in [-0.2, -0.15) is 0 Å². The minimum atomic E-state index is -0.891. The molecule has 7 heteroatoms. The molecule has 0 aliphatic rings. The second-order valence-electron chi connectivity index (χ2n) is 7.95. The van der Waals surface area contributed by atoms with E-state index >= 15 is 0 Å². The first-order valence-electron chi connectivity index (χ1n) is 10.9. The first kappa shape index (κ1) is 24.8. The van der Waals surface area contributed by atoms with Gasteiger partial charge in [0.1, 0.15) is 17.3 Å². The van der Waals surface area contributed by atoms with Crippen LogP contribution in [0, 0.1) is 5.82 Å². The van der Waals surface area contributed by atoms with Crippen LogP contribution in [0.5, 0.6) is 11.5 Å². The molecule has 0 unspecified atom stereocenters. The van der Waals surface area contributed by atoms with E-state index in [1.54, 1.807) is 47.4 Å². The summed E-state index contributed by atoms with van der Waals surface area (Å²) in [6.07, 6.45) is 1.34. The number of carboxylic acid groups (broad SMARTS) is 1. The highest BCUT2D eigenvalue weighted by Gasteiger charge is 2.18. The lowest BCUT2D eigenvalue weighted by Gasteiger charge is -2.24. The average molecular weight is 466 g/mol. The summed E-state index contributed by atoms with van der Waals surface area (Å²) in [7, 11) is 3.06. The van der Waals surface area contributed by atoms with E-state index in [9.17, 15) is 14.0 Å². The van der Waals surface area contributed by atoms with Crippen molar-refractivity contribution < 1.29 is 28.6 Å². The second-order valence-corrected chi connectivity index (χ2v) is 7.95. The molecule has 0 spiro atoms. The second kappa shape index (κ2) is 11.8. The predicted octanol–water partition coefficient (Wildman–Crippen LogP) is 4.75. The molecule has 0 bridgehead atoms. The van der Waals surface area contributed by atoms with Gasteiger partial charge in [-0.1, -0.05) is 36.4 Å². The van der Waals surface area contributed by atoms with E-state index in [2.05, 4.69) is 0 Å². The van der Waals surface area contributed by atoms with Gasteiger partial charge in [0.25, 0.3) is 5.91 Å². The molecule has 3 rings (SSSR count). The SMILES string of the molecule is COc1cc(OC)cc(C(=O)N(CCCc2ccc(F)cc2)Cc2ccc(CC(=O)O)cc2)c1. The fraction of sp³-hybridized carbons (Fsp3) is 0.259. The smallest absolute Gasteiger partial charge is 0.307 e. The number of hydrogen-bond acceptors (Lipinski definition) is 4. The number of aliphatic carboxylic acids is 1. The molecular weight excluding hydrogens is 437 g/mol. The van der Waals surface area contributed by atoms with E-state index in [1.807, 2.05) is 12.1 Å². The summed E-state index contributed by atoms with van der Waals surface area (Å²) in [6.45, 7) is 0.835. The highest BCUT2D eigenvalue weighted by molar-refractivity contribution is 5.95. The number of carbonyl (C=O) groups is 2. The number of amides is 1. The standard InChI is InChI=1S/C27H28FNO5/c1-33-24-15-22(16-25(17-24)34-2)27(32)29(13-3-4-19-9-11-23(28)12-10-19)18-21-7-5-20(6-8-21)14-26(30)31/h5-12,15-17H,3-4,13-14,18H2,1-2H3,(H,30,31). The highest BCUT2D eigenvalue weighted by Crippen LogP contribution is 2.24. The lowest BCUT2D eigenvalue weighted by molar-refractivity contribution is -0.136. The zero-order valence-corrected chi connectivity index (χ0v) is 19.3. The molecule has 1 amide bonds. The molecule has 3 aromatic carbocycles. The number of hydrogen-bond donors (Lipinski definition) is 1. The molecule has 178 valence electrons. The van der Waals surface area contributed by atoms with Crippen molar-refractivity contribution in [3.05, 3.63) is 94.8 Å². The Labute approximate surface area is 198 Å². The number of carbonyl (C=O) groups excluding carboxylic acids is 1. The number of ether oxygens (including phenoxy) is 2.